The first-order valence-corrected chi connectivity index (χ1v) is 7.89. The lowest BCUT2D eigenvalue weighted by Crippen LogP contribution is -2.22. The van der Waals surface area contributed by atoms with Crippen LogP contribution in [0.15, 0.2) is 30.3 Å². The normalized spacial score (nSPS) is 10.1. The summed E-state index contributed by atoms with van der Waals surface area (Å²) in [6, 6.07) is 10.5. The molecule has 15 heavy (non-hydrogen) atoms. The van der Waals surface area contributed by atoms with Crippen molar-refractivity contribution < 1.29 is 0 Å². The maximum atomic E-state index is 5.42. The third-order valence-electron chi connectivity index (χ3n) is 2.01. The van der Waals surface area contributed by atoms with Crippen LogP contribution >= 0.6 is 11.6 Å². The summed E-state index contributed by atoms with van der Waals surface area (Å²) >= 11 is 5.38. The summed E-state index contributed by atoms with van der Waals surface area (Å²) < 4.78 is 0. The van der Waals surface area contributed by atoms with E-state index in [4.69, 9.17) is 17.3 Å². The van der Waals surface area contributed by atoms with Crippen molar-refractivity contribution in [2.75, 3.05) is 12.0 Å². The molecule has 0 aromatic heterocycles. The number of rotatable bonds is 5. The van der Waals surface area contributed by atoms with Gasteiger partial charge in [0.1, 0.15) is 0 Å². The molecule has 3 heteroatoms. The summed E-state index contributed by atoms with van der Waals surface area (Å²) in [7, 11) is -0.123. The van der Waals surface area contributed by atoms with Crippen LogP contribution in [0.2, 0.25) is 0 Å². The molecule has 0 unspecified atom stereocenters. The minimum absolute atomic E-state index is 0.123. The fourth-order valence-electron chi connectivity index (χ4n) is 1.16. The predicted molar refractivity (Wildman–Crippen MR) is 73.9 cm³/mol. The SMILES string of the molecule is CCCCCCl.NC[SiH2]c1ccccc1. The molecule has 2 N–H and O–H groups in total. The van der Waals surface area contributed by atoms with E-state index in [1.807, 2.05) is 6.07 Å². The van der Waals surface area contributed by atoms with Crippen LogP contribution in [-0.4, -0.2) is 21.6 Å². The van der Waals surface area contributed by atoms with Crippen molar-refractivity contribution in [3.63, 3.8) is 0 Å². The molecule has 0 amide bonds. The maximum Gasteiger partial charge on any atom is 0.0697 e. The van der Waals surface area contributed by atoms with Crippen molar-refractivity contribution in [2.45, 2.75) is 26.2 Å². The van der Waals surface area contributed by atoms with Crippen LogP contribution in [-0.2, 0) is 0 Å². The molecule has 1 aromatic rings. The number of hydrogen-bond donors (Lipinski definition) is 1. The Bertz CT molecular complexity index is 212. The summed E-state index contributed by atoms with van der Waals surface area (Å²) in [5.74, 6) is 0.827. The van der Waals surface area contributed by atoms with E-state index in [1.165, 1.54) is 24.4 Å². The second-order valence-corrected chi connectivity index (χ2v) is 5.69. The van der Waals surface area contributed by atoms with E-state index < -0.39 is 0 Å². The number of benzene rings is 1. The first-order valence-electron chi connectivity index (χ1n) is 5.65. The number of hydrogen-bond acceptors (Lipinski definition) is 1. The number of halogens is 1. The molecule has 0 fully saturated rings. The minimum atomic E-state index is -0.123. The highest BCUT2D eigenvalue weighted by molar-refractivity contribution is 6.53. The molecule has 0 aliphatic carbocycles. The monoisotopic (exact) mass is 243 g/mol. The summed E-state index contributed by atoms with van der Waals surface area (Å²) in [5, 5.41) is 1.46. The zero-order valence-corrected chi connectivity index (χ0v) is 11.8. The largest absolute Gasteiger partial charge is 0.333 e. The van der Waals surface area contributed by atoms with Crippen LogP contribution in [0, 0.1) is 0 Å². The summed E-state index contributed by atoms with van der Waals surface area (Å²) in [5.41, 5.74) is 5.42. The quantitative estimate of drug-likeness (QED) is 0.477. The third-order valence-corrected chi connectivity index (χ3v) is 3.62. The van der Waals surface area contributed by atoms with Gasteiger partial charge < -0.3 is 5.73 Å². The number of alkyl halides is 1. The highest BCUT2D eigenvalue weighted by Gasteiger charge is 1.85. The third kappa shape index (κ3) is 9.98. The number of unbranched alkanes of at least 4 members (excludes halogenated alkanes) is 2. The molecule has 0 radical (unpaired) electrons. The molecule has 0 saturated heterocycles. The van der Waals surface area contributed by atoms with Crippen molar-refractivity contribution in [3.05, 3.63) is 30.3 Å². The van der Waals surface area contributed by atoms with E-state index in [0.29, 0.717) is 0 Å². The Morgan fingerprint density at radius 3 is 2.27 bits per heavy atom. The Balaban J connectivity index is 0.000000288. The fraction of sp³-hybridized carbons (Fsp3) is 0.500. The Labute approximate surface area is 101 Å². The van der Waals surface area contributed by atoms with E-state index in [9.17, 15) is 0 Å². The first-order chi connectivity index (χ1) is 7.35. The van der Waals surface area contributed by atoms with Gasteiger partial charge in [0.05, 0.1) is 9.52 Å². The van der Waals surface area contributed by atoms with Crippen LogP contribution < -0.4 is 10.9 Å². The molecule has 0 spiro atoms. The molecule has 0 aliphatic rings. The predicted octanol–water partition coefficient (Wildman–Crippen LogP) is 1.81. The van der Waals surface area contributed by atoms with Gasteiger partial charge in [-0.1, -0.05) is 55.3 Å². The fourth-order valence-corrected chi connectivity index (χ4v) is 2.28. The lowest BCUT2D eigenvalue weighted by Gasteiger charge is -1.93. The van der Waals surface area contributed by atoms with Crippen LogP contribution in [0.1, 0.15) is 26.2 Å². The van der Waals surface area contributed by atoms with E-state index in [2.05, 4.69) is 31.2 Å². The molecule has 0 aliphatic heterocycles. The molecule has 1 rings (SSSR count). The highest BCUT2D eigenvalue weighted by atomic mass is 35.5. The van der Waals surface area contributed by atoms with Crippen molar-refractivity contribution in [1.29, 1.82) is 0 Å². The minimum Gasteiger partial charge on any atom is -0.333 e. The summed E-state index contributed by atoms with van der Waals surface area (Å²) in [4.78, 5) is 0. The molecule has 86 valence electrons. The van der Waals surface area contributed by atoms with Crippen molar-refractivity contribution in [3.8, 4) is 0 Å². The second kappa shape index (κ2) is 11.8. The summed E-state index contributed by atoms with van der Waals surface area (Å²) in [6.07, 6.45) is 4.61. The van der Waals surface area contributed by atoms with Gasteiger partial charge in [-0.05, 0) is 12.6 Å². The average Bonchev–Trinajstić information content (AvgIpc) is 2.29. The molecule has 0 saturated carbocycles. The van der Waals surface area contributed by atoms with Crippen LogP contribution in [0.4, 0.5) is 0 Å². The van der Waals surface area contributed by atoms with E-state index in [0.717, 1.165) is 12.0 Å². The molecule has 0 atom stereocenters. The van der Waals surface area contributed by atoms with Gasteiger partial charge in [-0.3, -0.25) is 0 Å². The Morgan fingerprint density at radius 1 is 1.20 bits per heavy atom. The Hall–Kier alpha value is -0.313. The topological polar surface area (TPSA) is 26.0 Å². The lowest BCUT2D eigenvalue weighted by atomic mass is 10.3. The zero-order valence-electron chi connectivity index (χ0n) is 9.58. The molecule has 0 heterocycles. The van der Waals surface area contributed by atoms with Gasteiger partial charge in [0.15, 0.2) is 0 Å². The lowest BCUT2D eigenvalue weighted by molar-refractivity contribution is 0.776. The molecule has 1 aromatic carbocycles. The zero-order chi connectivity index (χ0) is 11.4. The van der Waals surface area contributed by atoms with Gasteiger partial charge in [0.2, 0.25) is 0 Å². The number of nitrogens with two attached hydrogens (primary N) is 1. The van der Waals surface area contributed by atoms with E-state index in [1.54, 1.807) is 0 Å². The van der Waals surface area contributed by atoms with Crippen molar-refractivity contribution in [2.24, 2.45) is 5.73 Å². The van der Waals surface area contributed by atoms with Gasteiger partial charge in [0.25, 0.3) is 0 Å². The first kappa shape index (κ1) is 14.7. The molecular weight excluding hydrogens is 222 g/mol. The van der Waals surface area contributed by atoms with Crippen LogP contribution in [0.3, 0.4) is 0 Å². The Kier molecular flexibility index (Phi) is 11.5. The molecular formula is C12H22ClNSi. The van der Waals surface area contributed by atoms with Gasteiger partial charge in [0, 0.05) is 5.88 Å². The average molecular weight is 244 g/mol. The van der Waals surface area contributed by atoms with Gasteiger partial charge in [-0.15, -0.1) is 11.6 Å². The standard InChI is InChI=1S/C7H11NSi.C5H11Cl/c8-6-9-7-4-2-1-3-5-7;1-2-3-4-5-6/h1-5H,6,8-9H2;2-5H2,1H3. The van der Waals surface area contributed by atoms with Crippen LogP contribution in [0.5, 0.6) is 0 Å². The highest BCUT2D eigenvalue weighted by Crippen LogP contribution is 1.93. The van der Waals surface area contributed by atoms with E-state index in [-0.39, 0.29) is 9.52 Å². The molecule has 1 nitrogen and oxygen atoms in total. The van der Waals surface area contributed by atoms with Crippen LogP contribution in [0.25, 0.3) is 0 Å². The Morgan fingerprint density at radius 2 is 1.87 bits per heavy atom. The van der Waals surface area contributed by atoms with Gasteiger partial charge in [-0.2, -0.15) is 0 Å². The van der Waals surface area contributed by atoms with Crippen molar-refractivity contribution >= 4 is 26.3 Å². The van der Waals surface area contributed by atoms with Gasteiger partial charge in [-0.25, -0.2) is 0 Å². The van der Waals surface area contributed by atoms with Gasteiger partial charge >= 0.3 is 0 Å². The van der Waals surface area contributed by atoms with Crippen molar-refractivity contribution in [1.82, 2.24) is 0 Å². The summed E-state index contributed by atoms with van der Waals surface area (Å²) in [6.45, 7) is 2.17. The molecule has 0 bridgehead atoms. The maximum absolute atomic E-state index is 5.42. The van der Waals surface area contributed by atoms with E-state index >= 15 is 0 Å². The second-order valence-electron chi connectivity index (χ2n) is 3.42. The smallest absolute Gasteiger partial charge is 0.0697 e.